The van der Waals surface area contributed by atoms with E-state index in [4.69, 9.17) is 0 Å². The van der Waals surface area contributed by atoms with Crippen molar-refractivity contribution in [1.82, 2.24) is 0 Å². The molecule has 0 saturated carbocycles. The van der Waals surface area contributed by atoms with Crippen LogP contribution < -0.4 is 0 Å². The smallest absolute Gasteiger partial charge is 0.123 e. The maximum Gasteiger partial charge on any atom is 0.123 e. The first-order chi connectivity index (χ1) is 6.97. The fraction of sp³-hybridized carbons (Fsp3) is 0.538. The number of hydrogen-bond donors (Lipinski definition) is 0. The highest BCUT2D eigenvalue weighted by molar-refractivity contribution is 5.15. The van der Waals surface area contributed by atoms with Crippen molar-refractivity contribution in [3.8, 4) is 0 Å². The van der Waals surface area contributed by atoms with E-state index in [9.17, 15) is 4.39 Å². The van der Waals surface area contributed by atoms with Crippen LogP contribution in [-0.2, 0) is 6.42 Å². The molecule has 0 spiro atoms. The lowest BCUT2D eigenvalue weighted by atomic mass is 10.1. The van der Waals surface area contributed by atoms with Gasteiger partial charge in [0.15, 0.2) is 0 Å². The standard InChI is InChI=1S/C13H21FN/c1-15(2,3)11-5-4-6-12-7-9-13(14)10-8-12/h7-10H,4-6,11H2,1-3H3/q+1. The van der Waals surface area contributed by atoms with E-state index in [0.717, 1.165) is 10.9 Å². The van der Waals surface area contributed by atoms with Gasteiger partial charge in [0.25, 0.3) is 0 Å². The van der Waals surface area contributed by atoms with E-state index in [0.29, 0.717) is 0 Å². The lowest BCUT2D eigenvalue weighted by Crippen LogP contribution is -2.35. The molecule has 0 unspecified atom stereocenters. The van der Waals surface area contributed by atoms with Crippen LogP contribution in [0.2, 0.25) is 0 Å². The first-order valence-corrected chi connectivity index (χ1v) is 5.52. The quantitative estimate of drug-likeness (QED) is 0.518. The third kappa shape index (κ3) is 5.53. The molecule has 1 nitrogen and oxygen atoms in total. The molecule has 0 aliphatic rings. The number of hydrogen-bond acceptors (Lipinski definition) is 0. The van der Waals surface area contributed by atoms with Crippen molar-refractivity contribution in [2.24, 2.45) is 0 Å². The van der Waals surface area contributed by atoms with E-state index in [1.165, 1.54) is 37.1 Å². The molecule has 0 atom stereocenters. The first kappa shape index (κ1) is 12.2. The molecular formula is C13H21FN+. The fourth-order valence-electron chi connectivity index (χ4n) is 1.57. The van der Waals surface area contributed by atoms with Crippen LogP contribution in [0.4, 0.5) is 4.39 Å². The predicted octanol–water partition coefficient (Wildman–Crippen LogP) is 2.85. The van der Waals surface area contributed by atoms with Crippen molar-refractivity contribution in [2.45, 2.75) is 19.3 Å². The Labute approximate surface area is 92.1 Å². The number of rotatable bonds is 5. The molecule has 1 aromatic carbocycles. The summed E-state index contributed by atoms with van der Waals surface area (Å²) < 4.78 is 13.6. The number of halogens is 1. The van der Waals surface area contributed by atoms with Gasteiger partial charge in [-0.25, -0.2) is 4.39 Å². The third-order valence-corrected chi connectivity index (χ3v) is 2.46. The molecule has 15 heavy (non-hydrogen) atoms. The maximum atomic E-state index is 12.6. The second-order valence-corrected chi connectivity index (χ2v) is 5.10. The summed E-state index contributed by atoms with van der Waals surface area (Å²) in [6.45, 7) is 1.20. The van der Waals surface area contributed by atoms with Crippen molar-refractivity contribution < 1.29 is 8.87 Å². The molecule has 1 aromatic rings. The van der Waals surface area contributed by atoms with Gasteiger partial charge < -0.3 is 4.48 Å². The van der Waals surface area contributed by atoms with Crippen LogP contribution >= 0.6 is 0 Å². The molecule has 0 fully saturated rings. The van der Waals surface area contributed by atoms with Crippen LogP contribution in [-0.4, -0.2) is 32.2 Å². The summed E-state index contributed by atoms with van der Waals surface area (Å²) in [5, 5.41) is 0. The lowest BCUT2D eigenvalue weighted by Gasteiger charge is -2.23. The summed E-state index contributed by atoms with van der Waals surface area (Å²) in [6.07, 6.45) is 3.46. The number of aryl methyl sites for hydroxylation is 1. The zero-order chi connectivity index (χ0) is 11.3. The molecule has 0 heterocycles. The van der Waals surface area contributed by atoms with Crippen molar-refractivity contribution in [2.75, 3.05) is 27.7 Å². The normalized spacial score (nSPS) is 11.7. The Balaban J connectivity index is 2.23. The van der Waals surface area contributed by atoms with Crippen molar-refractivity contribution in [3.63, 3.8) is 0 Å². The zero-order valence-corrected chi connectivity index (χ0v) is 9.96. The predicted molar refractivity (Wildman–Crippen MR) is 62.2 cm³/mol. The highest BCUT2D eigenvalue weighted by Crippen LogP contribution is 2.07. The van der Waals surface area contributed by atoms with Gasteiger partial charge in [0.05, 0.1) is 27.7 Å². The summed E-state index contributed by atoms with van der Waals surface area (Å²) >= 11 is 0. The average molecular weight is 210 g/mol. The zero-order valence-electron chi connectivity index (χ0n) is 9.96. The molecular weight excluding hydrogens is 189 g/mol. The average Bonchev–Trinajstić information content (AvgIpc) is 2.14. The minimum Gasteiger partial charge on any atom is -0.331 e. The molecule has 0 radical (unpaired) electrons. The summed E-state index contributed by atoms with van der Waals surface area (Å²) in [7, 11) is 6.62. The minimum atomic E-state index is -0.148. The molecule has 0 aliphatic heterocycles. The molecule has 0 saturated heterocycles. The Bertz CT molecular complexity index is 284. The number of nitrogens with zero attached hydrogens (tertiary/aromatic N) is 1. The van der Waals surface area contributed by atoms with E-state index in [-0.39, 0.29) is 5.82 Å². The van der Waals surface area contributed by atoms with Crippen molar-refractivity contribution in [1.29, 1.82) is 0 Å². The van der Waals surface area contributed by atoms with E-state index in [2.05, 4.69) is 21.1 Å². The van der Waals surface area contributed by atoms with E-state index in [1.54, 1.807) is 0 Å². The summed E-state index contributed by atoms with van der Waals surface area (Å²) in [6, 6.07) is 6.83. The van der Waals surface area contributed by atoms with Gasteiger partial charge in [-0.3, -0.25) is 0 Å². The SMILES string of the molecule is C[N+](C)(C)CCCCc1ccc(F)cc1. The first-order valence-electron chi connectivity index (χ1n) is 5.52. The molecule has 0 aromatic heterocycles. The van der Waals surface area contributed by atoms with E-state index in [1.807, 2.05) is 12.1 Å². The summed E-state index contributed by atoms with van der Waals surface area (Å²) in [4.78, 5) is 0. The van der Waals surface area contributed by atoms with Crippen LogP contribution in [0.1, 0.15) is 18.4 Å². The molecule has 0 amide bonds. The topological polar surface area (TPSA) is 0 Å². The Morgan fingerprint density at radius 1 is 1.00 bits per heavy atom. The minimum absolute atomic E-state index is 0.148. The maximum absolute atomic E-state index is 12.6. The monoisotopic (exact) mass is 210 g/mol. The van der Waals surface area contributed by atoms with Gasteiger partial charge in [0, 0.05) is 0 Å². The van der Waals surface area contributed by atoms with Gasteiger partial charge in [0.2, 0.25) is 0 Å². The van der Waals surface area contributed by atoms with E-state index >= 15 is 0 Å². The van der Waals surface area contributed by atoms with Gasteiger partial charge in [-0.1, -0.05) is 12.1 Å². The van der Waals surface area contributed by atoms with Crippen LogP contribution in [0.5, 0.6) is 0 Å². The highest BCUT2D eigenvalue weighted by Gasteiger charge is 2.05. The number of benzene rings is 1. The molecule has 84 valence electrons. The lowest BCUT2D eigenvalue weighted by molar-refractivity contribution is -0.870. The Morgan fingerprint density at radius 2 is 1.60 bits per heavy atom. The number of unbranched alkanes of at least 4 members (excludes halogenated alkanes) is 1. The molecule has 0 bridgehead atoms. The molecule has 2 heteroatoms. The Kier molecular flexibility index (Phi) is 4.28. The van der Waals surface area contributed by atoms with Crippen LogP contribution in [0.25, 0.3) is 0 Å². The molecule has 1 rings (SSSR count). The highest BCUT2D eigenvalue weighted by atomic mass is 19.1. The second kappa shape index (κ2) is 5.26. The van der Waals surface area contributed by atoms with Gasteiger partial charge >= 0.3 is 0 Å². The largest absolute Gasteiger partial charge is 0.331 e. The third-order valence-electron chi connectivity index (χ3n) is 2.46. The van der Waals surface area contributed by atoms with Crippen LogP contribution in [0, 0.1) is 5.82 Å². The molecule has 0 N–H and O–H groups in total. The summed E-state index contributed by atoms with van der Waals surface area (Å²) in [5.41, 5.74) is 1.23. The Morgan fingerprint density at radius 3 is 2.13 bits per heavy atom. The molecule has 0 aliphatic carbocycles. The van der Waals surface area contributed by atoms with Crippen molar-refractivity contribution in [3.05, 3.63) is 35.6 Å². The van der Waals surface area contributed by atoms with Gasteiger partial charge in [-0.05, 0) is 37.0 Å². The van der Waals surface area contributed by atoms with Gasteiger partial charge in [-0.2, -0.15) is 0 Å². The van der Waals surface area contributed by atoms with E-state index < -0.39 is 0 Å². The number of quaternary nitrogens is 1. The Hall–Kier alpha value is -0.890. The summed E-state index contributed by atoms with van der Waals surface area (Å²) in [5.74, 6) is -0.148. The van der Waals surface area contributed by atoms with Crippen molar-refractivity contribution >= 4 is 0 Å². The fourth-order valence-corrected chi connectivity index (χ4v) is 1.57. The van der Waals surface area contributed by atoms with Crippen LogP contribution in [0.15, 0.2) is 24.3 Å². The van der Waals surface area contributed by atoms with Gasteiger partial charge in [0.1, 0.15) is 5.82 Å². The second-order valence-electron chi connectivity index (χ2n) is 5.10. The van der Waals surface area contributed by atoms with Gasteiger partial charge in [-0.15, -0.1) is 0 Å². The van der Waals surface area contributed by atoms with Crippen LogP contribution in [0.3, 0.4) is 0 Å².